The molecule has 0 spiro atoms. The van der Waals surface area contributed by atoms with Crippen LogP contribution < -0.4 is 0 Å². The van der Waals surface area contributed by atoms with E-state index < -0.39 is 0 Å². The van der Waals surface area contributed by atoms with Crippen molar-refractivity contribution in [1.82, 2.24) is 0 Å². The minimum atomic E-state index is -0.286. The fourth-order valence-electron chi connectivity index (χ4n) is 0.819. The number of alkyl halides is 1. The maximum absolute atomic E-state index is 10.2. The maximum atomic E-state index is 10.2. The van der Waals surface area contributed by atoms with Crippen molar-refractivity contribution < 1.29 is 4.79 Å². The largest absolute Gasteiger partial charge is 0.302 e. The molecule has 0 unspecified atom stereocenters. The van der Waals surface area contributed by atoms with Crippen molar-refractivity contribution >= 4 is 17.9 Å². The van der Waals surface area contributed by atoms with Gasteiger partial charge in [-0.15, -0.1) is 11.6 Å². The molecule has 0 aromatic carbocycles. The highest BCUT2D eigenvalue weighted by Gasteiger charge is 2.11. The molecular formula is C8H15ClO. The quantitative estimate of drug-likeness (QED) is 0.449. The Morgan fingerprint density at radius 3 is 2.60 bits per heavy atom. The zero-order valence-electron chi connectivity index (χ0n) is 6.64. The molecule has 0 aliphatic rings. The molecule has 10 heavy (non-hydrogen) atoms. The monoisotopic (exact) mass is 162 g/mol. The van der Waals surface area contributed by atoms with Gasteiger partial charge in [0.25, 0.3) is 0 Å². The lowest BCUT2D eigenvalue weighted by atomic mass is 10.0. The number of carbonyl (C=O) groups is 1. The Kier molecular flexibility index (Phi) is 5.70. The van der Waals surface area contributed by atoms with E-state index in [0.29, 0.717) is 5.92 Å². The minimum absolute atomic E-state index is 0.286. The van der Waals surface area contributed by atoms with E-state index in [1.54, 1.807) is 0 Å². The molecule has 0 fully saturated rings. The van der Waals surface area contributed by atoms with Gasteiger partial charge in [0.05, 0.1) is 5.38 Å². The smallest absolute Gasteiger partial charge is 0.138 e. The highest BCUT2D eigenvalue weighted by molar-refractivity contribution is 6.27. The van der Waals surface area contributed by atoms with Crippen LogP contribution in [0.3, 0.4) is 0 Å². The van der Waals surface area contributed by atoms with E-state index in [4.69, 9.17) is 11.6 Å². The first-order chi connectivity index (χ1) is 4.72. The molecule has 0 radical (unpaired) electrons. The van der Waals surface area contributed by atoms with Gasteiger partial charge >= 0.3 is 0 Å². The Morgan fingerprint density at radius 1 is 1.60 bits per heavy atom. The summed E-state index contributed by atoms with van der Waals surface area (Å²) in [5.41, 5.74) is 0. The van der Waals surface area contributed by atoms with Crippen LogP contribution in [0.1, 0.15) is 33.1 Å². The highest BCUT2D eigenvalue weighted by Crippen LogP contribution is 2.14. The van der Waals surface area contributed by atoms with Crippen molar-refractivity contribution in [3.63, 3.8) is 0 Å². The topological polar surface area (TPSA) is 17.1 Å². The van der Waals surface area contributed by atoms with Crippen molar-refractivity contribution in [2.24, 2.45) is 5.92 Å². The normalized spacial score (nSPS) is 16.3. The van der Waals surface area contributed by atoms with Gasteiger partial charge in [-0.2, -0.15) is 0 Å². The molecule has 0 N–H and O–H groups in total. The van der Waals surface area contributed by atoms with E-state index in [0.717, 1.165) is 19.1 Å². The first-order valence-corrected chi connectivity index (χ1v) is 4.25. The number of halogens is 1. The lowest BCUT2D eigenvalue weighted by Gasteiger charge is -2.10. The Balaban J connectivity index is 3.40. The second kappa shape index (κ2) is 5.72. The molecule has 0 aromatic rings. The number of aldehydes is 1. The Bertz CT molecular complexity index is 93.3. The second-order valence-electron chi connectivity index (χ2n) is 2.70. The van der Waals surface area contributed by atoms with Crippen LogP contribution in [0.5, 0.6) is 0 Å². The van der Waals surface area contributed by atoms with E-state index in [1.165, 1.54) is 6.42 Å². The summed E-state index contributed by atoms with van der Waals surface area (Å²) in [6.45, 7) is 4.15. The molecule has 0 aromatic heterocycles. The first-order valence-electron chi connectivity index (χ1n) is 3.81. The second-order valence-corrected chi connectivity index (χ2v) is 3.20. The number of rotatable bonds is 5. The fourth-order valence-corrected chi connectivity index (χ4v) is 0.945. The fraction of sp³-hybridized carbons (Fsp3) is 0.875. The van der Waals surface area contributed by atoms with Crippen LogP contribution in [0.2, 0.25) is 0 Å². The molecule has 1 nitrogen and oxygen atoms in total. The van der Waals surface area contributed by atoms with Gasteiger partial charge in [0.2, 0.25) is 0 Å². The van der Waals surface area contributed by atoms with Crippen LogP contribution in [-0.2, 0) is 4.79 Å². The third kappa shape index (κ3) is 3.89. The number of hydrogen-bond donors (Lipinski definition) is 0. The predicted molar refractivity (Wildman–Crippen MR) is 44.4 cm³/mol. The third-order valence-electron chi connectivity index (χ3n) is 1.69. The summed E-state index contributed by atoms with van der Waals surface area (Å²) >= 11 is 5.68. The maximum Gasteiger partial charge on any atom is 0.138 e. The molecule has 0 aliphatic heterocycles. The molecule has 0 saturated carbocycles. The first kappa shape index (κ1) is 9.96. The standard InChI is InChI=1S/C8H15ClO/c1-3-4-5-7(2)8(9)6-10/h6-8H,3-5H2,1-2H3/t7-,8-/m1/s1. The van der Waals surface area contributed by atoms with Gasteiger partial charge in [0, 0.05) is 0 Å². The van der Waals surface area contributed by atoms with Crippen LogP contribution in [0.25, 0.3) is 0 Å². The van der Waals surface area contributed by atoms with Crippen LogP contribution in [0.15, 0.2) is 0 Å². The molecule has 0 saturated heterocycles. The lowest BCUT2D eigenvalue weighted by molar-refractivity contribution is -0.108. The molecule has 2 atom stereocenters. The van der Waals surface area contributed by atoms with E-state index in [1.807, 2.05) is 6.92 Å². The van der Waals surface area contributed by atoms with Gasteiger partial charge in [0.1, 0.15) is 6.29 Å². The van der Waals surface area contributed by atoms with Crippen molar-refractivity contribution in [2.75, 3.05) is 0 Å². The lowest BCUT2D eigenvalue weighted by Crippen LogP contribution is -2.12. The minimum Gasteiger partial charge on any atom is -0.302 e. The summed E-state index contributed by atoms with van der Waals surface area (Å²) in [7, 11) is 0. The van der Waals surface area contributed by atoms with E-state index in [9.17, 15) is 4.79 Å². The SMILES string of the molecule is CCCC[C@@H](C)[C@H](Cl)C=O. The summed E-state index contributed by atoms with van der Waals surface area (Å²) in [5, 5.41) is -0.286. The highest BCUT2D eigenvalue weighted by atomic mass is 35.5. The van der Waals surface area contributed by atoms with Crippen LogP contribution in [0.4, 0.5) is 0 Å². The molecule has 0 rings (SSSR count). The molecule has 0 bridgehead atoms. The van der Waals surface area contributed by atoms with Gasteiger partial charge in [0.15, 0.2) is 0 Å². The number of carbonyl (C=O) groups excluding carboxylic acids is 1. The molecule has 0 heterocycles. The third-order valence-corrected chi connectivity index (χ3v) is 2.22. The number of unbranched alkanes of at least 4 members (excludes halogenated alkanes) is 1. The summed E-state index contributed by atoms with van der Waals surface area (Å²) in [4.78, 5) is 10.2. The predicted octanol–water partition coefficient (Wildman–Crippen LogP) is 2.62. The van der Waals surface area contributed by atoms with Gasteiger partial charge in [-0.1, -0.05) is 26.7 Å². The molecule has 2 heteroatoms. The van der Waals surface area contributed by atoms with Crippen molar-refractivity contribution in [3.05, 3.63) is 0 Å². The molecule has 0 amide bonds. The van der Waals surface area contributed by atoms with Crippen molar-refractivity contribution in [1.29, 1.82) is 0 Å². The zero-order chi connectivity index (χ0) is 7.98. The summed E-state index contributed by atoms with van der Waals surface area (Å²) in [6, 6.07) is 0. The van der Waals surface area contributed by atoms with Crippen molar-refractivity contribution in [2.45, 2.75) is 38.5 Å². The van der Waals surface area contributed by atoms with Crippen LogP contribution >= 0.6 is 11.6 Å². The van der Waals surface area contributed by atoms with Crippen molar-refractivity contribution in [3.8, 4) is 0 Å². The van der Waals surface area contributed by atoms with Gasteiger partial charge in [-0.25, -0.2) is 0 Å². The molecular weight excluding hydrogens is 148 g/mol. The Labute approximate surface area is 67.8 Å². The average Bonchev–Trinajstić information content (AvgIpc) is 1.98. The summed E-state index contributed by atoms with van der Waals surface area (Å²) < 4.78 is 0. The van der Waals surface area contributed by atoms with E-state index in [-0.39, 0.29) is 5.38 Å². The Morgan fingerprint density at radius 2 is 2.20 bits per heavy atom. The molecule has 0 aliphatic carbocycles. The Hall–Kier alpha value is -0.0400. The van der Waals surface area contributed by atoms with Gasteiger partial charge in [-0.05, 0) is 12.3 Å². The van der Waals surface area contributed by atoms with Gasteiger partial charge < -0.3 is 4.79 Å². The summed E-state index contributed by atoms with van der Waals surface area (Å²) in [5.74, 6) is 0.333. The average molecular weight is 163 g/mol. The van der Waals surface area contributed by atoms with Gasteiger partial charge in [-0.3, -0.25) is 0 Å². The summed E-state index contributed by atoms with van der Waals surface area (Å²) in [6.07, 6.45) is 4.22. The zero-order valence-corrected chi connectivity index (χ0v) is 7.40. The van der Waals surface area contributed by atoms with Crippen LogP contribution in [-0.4, -0.2) is 11.7 Å². The molecule has 60 valence electrons. The van der Waals surface area contributed by atoms with Crippen LogP contribution in [0, 0.1) is 5.92 Å². The van der Waals surface area contributed by atoms with E-state index in [2.05, 4.69) is 6.92 Å². The van der Waals surface area contributed by atoms with E-state index >= 15 is 0 Å². The number of hydrogen-bond acceptors (Lipinski definition) is 1.